The van der Waals surface area contributed by atoms with Crippen molar-refractivity contribution in [1.29, 1.82) is 0 Å². The number of nitrogens with one attached hydrogen (secondary N) is 1. The van der Waals surface area contributed by atoms with Crippen LogP contribution in [0.5, 0.6) is 0 Å². The molecule has 1 unspecified atom stereocenters. The zero-order valence-electron chi connectivity index (χ0n) is 15.3. The summed E-state index contributed by atoms with van der Waals surface area (Å²) in [7, 11) is -3.87. The number of fused-ring (bicyclic) bond motifs is 2. The zero-order chi connectivity index (χ0) is 21.6. The molecule has 1 fully saturated rings. The number of benzene rings is 2. The quantitative estimate of drug-likeness (QED) is 0.680. The van der Waals surface area contributed by atoms with Gasteiger partial charge in [0.2, 0.25) is 0 Å². The van der Waals surface area contributed by atoms with Crippen LogP contribution in [0.25, 0.3) is 0 Å². The van der Waals surface area contributed by atoms with Crippen molar-refractivity contribution in [3.8, 4) is 0 Å². The minimum Gasteiger partial charge on any atom is -0.495 e. The van der Waals surface area contributed by atoms with E-state index in [-0.39, 0.29) is 33.7 Å². The third kappa shape index (κ3) is 3.79. The van der Waals surface area contributed by atoms with Gasteiger partial charge in [-0.1, -0.05) is 11.6 Å². The van der Waals surface area contributed by atoms with Gasteiger partial charge in [0.15, 0.2) is 27.3 Å². The SMILES string of the molecule is O=C(Nc1cc(F)c(F)c(F)c1)c1ccc(Cl)c(S(=O)(=O)C2CC3=CC[C@H](C2)O3)c1. The van der Waals surface area contributed by atoms with E-state index in [9.17, 15) is 26.4 Å². The van der Waals surface area contributed by atoms with Crippen LogP contribution in [0.3, 0.4) is 0 Å². The Morgan fingerprint density at radius 2 is 1.83 bits per heavy atom. The Labute approximate surface area is 175 Å². The average Bonchev–Trinajstić information content (AvgIpc) is 3.03. The Kier molecular flexibility index (Phi) is 5.27. The highest BCUT2D eigenvalue weighted by molar-refractivity contribution is 7.92. The summed E-state index contributed by atoms with van der Waals surface area (Å²) in [6.45, 7) is 0. The number of anilines is 1. The number of amides is 1. The number of hydrogen-bond donors (Lipinski definition) is 1. The van der Waals surface area contributed by atoms with E-state index >= 15 is 0 Å². The summed E-state index contributed by atoms with van der Waals surface area (Å²) in [6, 6.07) is 4.91. The molecular weight excluding hydrogens is 443 g/mol. The normalized spacial score (nSPS) is 20.5. The monoisotopic (exact) mass is 457 g/mol. The number of sulfone groups is 1. The molecule has 0 radical (unpaired) electrons. The summed E-state index contributed by atoms with van der Waals surface area (Å²) in [6.07, 6.45) is 2.86. The highest BCUT2D eigenvalue weighted by Gasteiger charge is 2.39. The van der Waals surface area contributed by atoms with Crippen LogP contribution in [-0.2, 0) is 14.6 Å². The van der Waals surface area contributed by atoms with Gasteiger partial charge in [-0.25, -0.2) is 21.6 Å². The van der Waals surface area contributed by atoms with Crippen LogP contribution < -0.4 is 5.32 Å². The van der Waals surface area contributed by atoms with Crippen molar-refractivity contribution < 1.29 is 31.1 Å². The van der Waals surface area contributed by atoms with E-state index in [1.165, 1.54) is 12.1 Å². The molecule has 10 heteroatoms. The zero-order valence-corrected chi connectivity index (χ0v) is 16.9. The summed E-state index contributed by atoms with van der Waals surface area (Å²) in [5.74, 6) is -4.79. The van der Waals surface area contributed by atoms with Crippen molar-refractivity contribution in [1.82, 2.24) is 0 Å². The fraction of sp³-hybridized carbons (Fsp3) is 0.250. The average molecular weight is 458 g/mol. The molecule has 30 heavy (non-hydrogen) atoms. The van der Waals surface area contributed by atoms with E-state index in [1.54, 1.807) is 0 Å². The van der Waals surface area contributed by atoms with Crippen molar-refractivity contribution in [2.24, 2.45) is 0 Å². The van der Waals surface area contributed by atoms with E-state index in [0.29, 0.717) is 30.7 Å². The van der Waals surface area contributed by atoms with Crippen molar-refractivity contribution in [3.63, 3.8) is 0 Å². The molecule has 2 heterocycles. The topological polar surface area (TPSA) is 72.5 Å². The number of halogens is 4. The first-order valence-electron chi connectivity index (χ1n) is 9.00. The highest BCUT2D eigenvalue weighted by Crippen LogP contribution is 2.38. The van der Waals surface area contributed by atoms with Crippen LogP contribution >= 0.6 is 11.6 Å². The van der Waals surface area contributed by atoms with Gasteiger partial charge in [0.25, 0.3) is 5.91 Å². The number of allylic oxidation sites excluding steroid dienone is 1. The minimum atomic E-state index is -3.87. The van der Waals surface area contributed by atoms with Crippen molar-refractivity contribution in [3.05, 3.63) is 70.2 Å². The standard InChI is InChI=1S/C20H15ClF3NO4S/c21-15-4-1-10(20(26)25-11-6-16(22)19(24)17(23)7-11)5-18(15)30(27,28)14-8-12-2-3-13(9-14)29-12/h1-2,4-7,13-14H,3,8-9H2,(H,25,26)/t13-,14?/m1/s1. The summed E-state index contributed by atoms with van der Waals surface area (Å²) < 4.78 is 71.7. The maximum absolute atomic E-state index is 13.4. The summed E-state index contributed by atoms with van der Waals surface area (Å²) in [5, 5.41) is 1.44. The largest absolute Gasteiger partial charge is 0.495 e. The predicted octanol–water partition coefficient (Wildman–Crippen LogP) is 4.62. The van der Waals surface area contributed by atoms with Crippen LogP contribution in [0, 0.1) is 17.5 Å². The van der Waals surface area contributed by atoms with Crippen molar-refractivity contribution >= 4 is 33.0 Å². The molecule has 2 aliphatic rings. The molecule has 2 aromatic rings. The third-order valence-electron chi connectivity index (χ3n) is 5.06. The van der Waals surface area contributed by atoms with Crippen molar-refractivity contribution in [2.75, 3.05) is 5.32 Å². The molecule has 2 atom stereocenters. The lowest BCUT2D eigenvalue weighted by molar-refractivity contribution is 0.101. The molecule has 4 rings (SSSR count). The third-order valence-corrected chi connectivity index (χ3v) is 7.69. The second kappa shape index (κ2) is 7.63. The number of ether oxygens (including phenoxy) is 1. The fourth-order valence-electron chi connectivity index (χ4n) is 3.56. The van der Waals surface area contributed by atoms with E-state index < -0.39 is 38.4 Å². The molecule has 1 saturated heterocycles. The van der Waals surface area contributed by atoms with Gasteiger partial charge in [0.05, 0.1) is 20.9 Å². The van der Waals surface area contributed by atoms with E-state index in [2.05, 4.69) is 5.32 Å². The van der Waals surface area contributed by atoms with Crippen LogP contribution in [0.1, 0.15) is 29.6 Å². The maximum Gasteiger partial charge on any atom is 0.255 e. The van der Waals surface area contributed by atoms with Crippen LogP contribution in [0.2, 0.25) is 5.02 Å². The summed E-state index contributed by atoms with van der Waals surface area (Å²) >= 11 is 6.11. The molecule has 1 N–H and O–H groups in total. The van der Waals surface area contributed by atoms with Crippen LogP contribution in [-0.4, -0.2) is 25.7 Å². The molecule has 2 aliphatic heterocycles. The summed E-state index contributed by atoms with van der Waals surface area (Å²) in [4.78, 5) is 12.3. The maximum atomic E-state index is 13.4. The molecule has 2 aromatic carbocycles. The van der Waals surface area contributed by atoms with Crippen LogP contribution in [0.4, 0.5) is 18.9 Å². The first-order chi connectivity index (χ1) is 14.1. The molecular formula is C20H15ClF3NO4S. The first-order valence-corrected chi connectivity index (χ1v) is 10.9. The Balaban J connectivity index is 1.61. The molecule has 5 nitrogen and oxygen atoms in total. The van der Waals surface area contributed by atoms with E-state index in [0.717, 1.165) is 6.07 Å². The minimum absolute atomic E-state index is 0.0433. The Morgan fingerprint density at radius 1 is 1.13 bits per heavy atom. The molecule has 158 valence electrons. The smallest absolute Gasteiger partial charge is 0.255 e. The molecule has 0 aliphatic carbocycles. The van der Waals surface area contributed by atoms with Gasteiger partial charge in [-0.2, -0.15) is 0 Å². The predicted molar refractivity (Wildman–Crippen MR) is 104 cm³/mol. The van der Waals surface area contributed by atoms with Gasteiger partial charge >= 0.3 is 0 Å². The fourth-order valence-corrected chi connectivity index (χ4v) is 5.84. The van der Waals surface area contributed by atoms with E-state index in [4.69, 9.17) is 16.3 Å². The lowest BCUT2D eigenvalue weighted by Gasteiger charge is -2.27. The number of carbonyl (C=O) groups is 1. The molecule has 2 bridgehead atoms. The van der Waals surface area contributed by atoms with Gasteiger partial charge in [-0.3, -0.25) is 4.79 Å². The number of rotatable bonds is 4. The van der Waals surface area contributed by atoms with Gasteiger partial charge in [-0.05, 0) is 24.3 Å². The Hall–Kier alpha value is -2.52. The second-order valence-corrected chi connectivity index (χ2v) is 9.71. The van der Waals surface area contributed by atoms with Gasteiger partial charge in [0.1, 0.15) is 6.10 Å². The summed E-state index contributed by atoms with van der Waals surface area (Å²) in [5.41, 5.74) is -0.402. The highest BCUT2D eigenvalue weighted by atomic mass is 35.5. The molecule has 0 aromatic heterocycles. The number of hydrogen-bond acceptors (Lipinski definition) is 4. The van der Waals surface area contributed by atoms with Crippen LogP contribution in [0.15, 0.2) is 47.1 Å². The number of carbonyl (C=O) groups excluding carboxylic acids is 1. The van der Waals surface area contributed by atoms with Crippen molar-refractivity contribution in [2.45, 2.75) is 35.5 Å². The van der Waals surface area contributed by atoms with Gasteiger partial charge in [-0.15, -0.1) is 0 Å². The lowest BCUT2D eigenvalue weighted by atomic mass is 10.1. The van der Waals surface area contributed by atoms with Gasteiger partial charge in [0, 0.05) is 42.6 Å². The Bertz CT molecular complexity index is 1160. The Morgan fingerprint density at radius 3 is 2.50 bits per heavy atom. The van der Waals surface area contributed by atoms with Gasteiger partial charge < -0.3 is 10.1 Å². The molecule has 0 saturated carbocycles. The van der Waals surface area contributed by atoms with E-state index in [1.807, 2.05) is 6.08 Å². The first kappa shape index (κ1) is 20.7. The second-order valence-electron chi connectivity index (χ2n) is 7.11. The molecule has 0 spiro atoms. The molecule has 1 amide bonds. The lowest BCUT2D eigenvalue weighted by Crippen LogP contribution is -2.31.